The number of pyridine rings is 1. The molecule has 1 aromatic heterocycles. The lowest BCUT2D eigenvalue weighted by atomic mass is 10.2. The molecule has 0 aliphatic rings. The molecule has 0 aliphatic carbocycles. The Hall–Kier alpha value is -2.57. The van der Waals surface area contributed by atoms with Crippen molar-refractivity contribution in [1.82, 2.24) is 4.98 Å². The molecule has 1 heterocycles. The Morgan fingerprint density at radius 2 is 1.95 bits per heavy atom. The molecule has 0 saturated heterocycles. The predicted octanol–water partition coefficient (Wildman–Crippen LogP) is 2.94. The van der Waals surface area contributed by atoms with Gasteiger partial charge in [0.2, 0.25) is 0 Å². The van der Waals surface area contributed by atoms with E-state index in [-0.39, 0.29) is 11.4 Å². The van der Waals surface area contributed by atoms with E-state index in [2.05, 4.69) is 10.3 Å². The number of aromatic carboxylic acids is 1. The first kappa shape index (κ1) is 12.9. The molecule has 0 aliphatic heterocycles. The Morgan fingerprint density at radius 3 is 2.63 bits per heavy atom. The van der Waals surface area contributed by atoms with E-state index in [1.54, 1.807) is 0 Å². The van der Waals surface area contributed by atoms with Crippen LogP contribution < -0.4 is 5.32 Å². The molecule has 98 valence electrons. The van der Waals surface area contributed by atoms with Crippen molar-refractivity contribution in [3.8, 4) is 0 Å². The second-order valence-corrected chi connectivity index (χ2v) is 3.61. The minimum Gasteiger partial charge on any atom is -0.478 e. The van der Waals surface area contributed by atoms with Gasteiger partial charge in [0, 0.05) is 18.3 Å². The third kappa shape index (κ3) is 2.82. The highest BCUT2D eigenvalue weighted by Gasteiger charge is 2.12. The molecule has 2 rings (SSSR count). The summed E-state index contributed by atoms with van der Waals surface area (Å²) in [5.74, 6) is -4.82. The lowest BCUT2D eigenvalue weighted by Gasteiger charge is -2.08. The maximum atomic E-state index is 13.4. The number of hydrogen-bond donors (Lipinski definition) is 2. The summed E-state index contributed by atoms with van der Waals surface area (Å²) in [6.07, 6.45) is 1.18. The number of benzene rings is 1. The molecule has 0 spiro atoms. The van der Waals surface area contributed by atoms with Crippen molar-refractivity contribution in [3.05, 3.63) is 53.5 Å². The van der Waals surface area contributed by atoms with Crippen LogP contribution >= 0.6 is 0 Å². The minimum atomic E-state index is -1.35. The monoisotopic (exact) mass is 268 g/mol. The summed E-state index contributed by atoms with van der Waals surface area (Å²) in [7, 11) is 0. The van der Waals surface area contributed by atoms with Crippen LogP contribution in [0.15, 0.2) is 30.5 Å². The van der Waals surface area contributed by atoms with Gasteiger partial charge in [0.1, 0.15) is 11.6 Å². The predicted molar refractivity (Wildman–Crippen MR) is 60.8 cm³/mol. The number of anilines is 2. The summed E-state index contributed by atoms with van der Waals surface area (Å²) in [5.41, 5.74) is -0.553. The molecule has 7 heteroatoms. The van der Waals surface area contributed by atoms with E-state index in [9.17, 15) is 18.0 Å². The first-order valence-corrected chi connectivity index (χ1v) is 5.08. The number of hydrogen-bond acceptors (Lipinski definition) is 3. The molecule has 0 amide bonds. The van der Waals surface area contributed by atoms with Crippen LogP contribution in [0.4, 0.5) is 24.7 Å². The molecule has 1 aromatic carbocycles. The molecule has 0 unspecified atom stereocenters. The van der Waals surface area contributed by atoms with Crippen molar-refractivity contribution < 1.29 is 23.1 Å². The Labute approximate surface area is 105 Å². The largest absolute Gasteiger partial charge is 0.478 e. The highest BCUT2D eigenvalue weighted by Crippen LogP contribution is 2.22. The topological polar surface area (TPSA) is 62.2 Å². The van der Waals surface area contributed by atoms with Crippen LogP contribution in [0.5, 0.6) is 0 Å². The molecular formula is C12H7F3N2O2. The van der Waals surface area contributed by atoms with Crippen LogP contribution in [0.3, 0.4) is 0 Å². The number of aromatic nitrogens is 1. The van der Waals surface area contributed by atoms with Gasteiger partial charge in [-0.2, -0.15) is 0 Å². The Morgan fingerprint density at radius 1 is 1.21 bits per heavy atom. The van der Waals surface area contributed by atoms with Gasteiger partial charge in [0.25, 0.3) is 0 Å². The maximum Gasteiger partial charge on any atom is 0.335 e. The van der Waals surface area contributed by atoms with Crippen molar-refractivity contribution >= 4 is 17.5 Å². The van der Waals surface area contributed by atoms with Gasteiger partial charge in [-0.1, -0.05) is 0 Å². The quantitative estimate of drug-likeness (QED) is 0.840. The molecular weight excluding hydrogens is 261 g/mol. The summed E-state index contributed by atoms with van der Waals surface area (Å²) in [6, 6.07) is 3.50. The lowest BCUT2D eigenvalue weighted by Crippen LogP contribution is -2.02. The van der Waals surface area contributed by atoms with Crippen LogP contribution in [0.25, 0.3) is 0 Å². The number of carboxylic acid groups (broad SMARTS) is 1. The van der Waals surface area contributed by atoms with Gasteiger partial charge in [-0.05, 0) is 12.1 Å². The zero-order chi connectivity index (χ0) is 14.0. The number of rotatable bonds is 3. The van der Waals surface area contributed by atoms with Crippen LogP contribution in [0, 0.1) is 17.5 Å². The second-order valence-electron chi connectivity index (χ2n) is 3.61. The van der Waals surface area contributed by atoms with Crippen LogP contribution in [0.1, 0.15) is 10.4 Å². The molecule has 0 bridgehead atoms. The smallest absolute Gasteiger partial charge is 0.335 e. The first-order chi connectivity index (χ1) is 8.97. The summed E-state index contributed by atoms with van der Waals surface area (Å²) in [5, 5.41) is 11.1. The zero-order valence-corrected chi connectivity index (χ0v) is 9.32. The first-order valence-electron chi connectivity index (χ1n) is 5.08. The normalized spacial score (nSPS) is 10.3. The number of nitrogens with one attached hydrogen (secondary N) is 1. The Kier molecular flexibility index (Phi) is 3.37. The molecule has 4 nitrogen and oxygen atoms in total. The summed E-state index contributed by atoms with van der Waals surface area (Å²) >= 11 is 0. The van der Waals surface area contributed by atoms with Crippen molar-refractivity contribution in [1.29, 1.82) is 0 Å². The third-order valence-electron chi connectivity index (χ3n) is 2.26. The minimum absolute atomic E-state index is 0.0381. The molecule has 0 saturated carbocycles. The van der Waals surface area contributed by atoms with E-state index in [0.717, 1.165) is 12.1 Å². The average Bonchev–Trinajstić information content (AvgIpc) is 2.35. The molecule has 0 radical (unpaired) electrons. The Bertz CT molecular complexity index is 647. The van der Waals surface area contributed by atoms with E-state index in [4.69, 9.17) is 5.11 Å². The van der Waals surface area contributed by atoms with Gasteiger partial charge in [0.05, 0.1) is 11.3 Å². The molecule has 2 N–H and O–H groups in total. The van der Waals surface area contributed by atoms with Crippen molar-refractivity contribution in [2.75, 3.05) is 5.32 Å². The van der Waals surface area contributed by atoms with Gasteiger partial charge in [-0.3, -0.25) is 0 Å². The number of carbonyl (C=O) groups is 1. The Balaban J connectivity index is 2.36. The number of halogens is 3. The van der Waals surface area contributed by atoms with Crippen LogP contribution in [-0.2, 0) is 0 Å². The number of nitrogens with zero attached hydrogens (tertiary/aromatic N) is 1. The average molecular weight is 268 g/mol. The fourth-order valence-corrected chi connectivity index (χ4v) is 1.42. The fraction of sp³-hybridized carbons (Fsp3) is 0. The number of carboxylic acids is 1. The molecule has 0 fully saturated rings. The van der Waals surface area contributed by atoms with E-state index < -0.39 is 29.1 Å². The van der Waals surface area contributed by atoms with Gasteiger partial charge in [-0.25, -0.2) is 22.9 Å². The van der Waals surface area contributed by atoms with E-state index in [0.29, 0.717) is 6.07 Å². The van der Waals surface area contributed by atoms with Crippen LogP contribution in [-0.4, -0.2) is 16.1 Å². The summed E-state index contributed by atoms with van der Waals surface area (Å²) in [4.78, 5) is 14.5. The summed E-state index contributed by atoms with van der Waals surface area (Å²) in [6.45, 7) is 0. The van der Waals surface area contributed by atoms with Crippen molar-refractivity contribution in [2.45, 2.75) is 0 Å². The highest BCUT2D eigenvalue weighted by atomic mass is 19.2. The van der Waals surface area contributed by atoms with Gasteiger partial charge in [0.15, 0.2) is 11.6 Å². The SMILES string of the molecule is O=C(O)c1ccnc(Nc2cc(F)cc(F)c2F)c1. The van der Waals surface area contributed by atoms with E-state index >= 15 is 0 Å². The van der Waals surface area contributed by atoms with Gasteiger partial charge < -0.3 is 10.4 Å². The molecule has 0 atom stereocenters. The lowest BCUT2D eigenvalue weighted by molar-refractivity contribution is 0.0697. The second kappa shape index (κ2) is 4.97. The standard InChI is InChI=1S/C12H7F3N2O2/c13-7-4-8(14)11(15)9(5-7)17-10-3-6(12(18)19)1-2-16-10/h1-5H,(H,16,17)(H,18,19). The van der Waals surface area contributed by atoms with Crippen molar-refractivity contribution in [3.63, 3.8) is 0 Å². The fourth-order valence-electron chi connectivity index (χ4n) is 1.42. The zero-order valence-electron chi connectivity index (χ0n) is 9.32. The highest BCUT2D eigenvalue weighted by molar-refractivity contribution is 5.88. The van der Waals surface area contributed by atoms with Gasteiger partial charge >= 0.3 is 5.97 Å². The van der Waals surface area contributed by atoms with Crippen LogP contribution in [0.2, 0.25) is 0 Å². The van der Waals surface area contributed by atoms with E-state index in [1.165, 1.54) is 12.3 Å². The maximum absolute atomic E-state index is 13.4. The third-order valence-corrected chi connectivity index (χ3v) is 2.26. The molecule has 2 aromatic rings. The summed E-state index contributed by atoms with van der Waals surface area (Å²) < 4.78 is 39.3. The van der Waals surface area contributed by atoms with E-state index in [1.807, 2.05) is 0 Å². The molecule has 19 heavy (non-hydrogen) atoms. The van der Waals surface area contributed by atoms with Crippen molar-refractivity contribution in [2.24, 2.45) is 0 Å². The van der Waals surface area contributed by atoms with Gasteiger partial charge in [-0.15, -0.1) is 0 Å².